The van der Waals surface area contributed by atoms with Gasteiger partial charge in [-0.2, -0.15) is 4.98 Å². The molecule has 4 fully saturated rings. The molecule has 0 unspecified atom stereocenters. The molecule has 4 aliphatic rings. The highest BCUT2D eigenvalue weighted by molar-refractivity contribution is 5.85. The Labute approximate surface area is 144 Å². The molecule has 1 heterocycles. The van der Waals surface area contributed by atoms with Crippen LogP contribution in [0.3, 0.4) is 0 Å². The van der Waals surface area contributed by atoms with Crippen LogP contribution in [0.4, 0.5) is 0 Å². The lowest BCUT2D eigenvalue weighted by molar-refractivity contribution is -0.128. The van der Waals surface area contributed by atoms with Crippen molar-refractivity contribution >= 4 is 11.9 Å². The Morgan fingerprint density at radius 1 is 1.24 bits per heavy atom. The van der Waals surface area contributed by atoms with Crippen molar-refractivity contribution in [3.63, 3.8) is 0 Å². The third-order valence-electron chi connectivity index (χ3n) is 5.75. The van der Waals surface area contributed by atoms with Crippen molar-refractivity contribution in [1.82, 2.24) is 15.3 Å². The molecule has 1 amide bonds. The molecule has 1 aromatic rings. The fourth-order valence-corrected chi connectivity index (χ4v) is 5.36. The summed E-state index contributed by atoms with van der Waals surface area (Å²) in [6.07, 6.45) is 6.99. The van der Waals surface area contributed by atoms with Crippen molar-refractivity contribution < 1.29 is 19.4 Å². The molecule has 8 heteroatoms. The van der Waals surface area contributed by atoms with Crippen LogP contribution >= 0.6 is 0 Å². The zero-order chi connectivity index (χ0) is 17.6. The second-order valence-electron chi connectivity index (χ2n) is 7.78. The number of nitrogens with one attached hydrogen (secondary N) is 2. The summed E-state index contributed by atoms with van der Waals surface area (Å²) in [4.78, 5) is 40.2. The maximum atomic E-state index is 12.3. The van der Waals surface area contributed by atoms with E-state index in [2.05, 4.69) is 15.3 Å². The average Bonchev–Trinajstić information content (AvgIpc) is 2.50. The summed E-state index contributed by atoms with van der Waals surface area (Å²) in [6.45, 7) is -0.280. The standard InChI is InChI=1S/C17H21N3O5/c21-13(8-25-14-4-12(15(22)23)18-16(24)19-14)20-17-5-9-1-10(6-17)3-11(2-9)7-17/h4,9-11H,1-3,5-8H2,(H,20,21)(H,22,23)(H,18,19,24). The van der Waals surface area contributed by atoms with E-state index in [1.54, 1.807) is 0 Å². The number of aromatic carboxylic acids is 1. The van der Waals surface area contributed by atoms with Gasteiger partial charge in [0.15, 0.2) is 6.61 Å². The molecule has 4 saturated carbocycles. The molecule has 0 aliphatic heterocycles. The smallest absolute Gasteiger partial charge is 0.352 e. The minimum atomic E-state index is -1.29. The fraction of sp³-hybridized carbons (Fsp3) is 0.647. The lowest BCUT2D eigenvalue weighted by Gasteiger charge is -2.56. The first-order valence-electron chi connectivity index (χ1n) is 8.69. The van der Waals surface area contributed by atoms with Crippen LogP contribution in [0.1, 0.15) is 49.0 Å². The van der Waals surface area contributed by atoms with E-state index in [-0.39, 0.29) is 29.6 Å². The van der Waals surface area contributed by atoms with Crippen LogP contribution in [-0.4, -0.2) is 39.1 Å². The number of carbonyl (C=O) groups excluding carboxylic acids is 1. The lowest BCUT2D eigenvalue weighted by Crippen LogP contribution is -2.60. The largest absolute Gasteiger partial charge is 0.477 e. The SMILES string of the molecule is O=C(COc1cc(C(=O)O)[nH]c(=O)n1)NC12CC3CC(CC(C3)C1)C2. The van der Waals surface area contributed by atoms with Gasteiger partial charge in [0, 0.05) is 11.6 Å². The molecule has 0 radical (unpaired) electrons. The number of carboxylic acids is 1. The van der Waals surface area contributed by atoms with Crippen molar-refractivity contribution in [2.45, 2.75) is 44.1 Å². The van der Waals surface area contributed by atoms with Gasteiger partial charge in [-0.25, -0.2) is 9.59 Å². The number of H-pyrrole nitrogens is 1. The molecule has 25 heavy (non-hydrogen) atoms. The Hall–Kier alpha value is -2.38. The normalized spacial score (nSPS) is 32.4. The highest BCUT2D eigenvalue weighted by atomic mass is 16.5. The quantitative estimate of drug-likeness (QED) is 0.728. The van der Waals surface area contributed by atoms with E-state index in [0.717, 1.165) is 43.1 Å². The number of carbonyl (C=O) groups is 2. The minimum absolute atomic E-state index is 0.108. The van der Waals surface area contributed by atoms with Gasteiger partial charge in [0.1, 0.15) is 5.69 Å². The Kier molecular flexibility index (Phi) is 3.77. The molecule has 4 aliphatic carbocycles. The van der Waals surface area contributed by atoms with Crippen LogP contribution < -0.4 is 15.7 Å². The highest BCUT2D eigenvalue weighted by Crippen LogP contribution is 2.55. The first-order valence-corrected chi connectivity index (χ1v) is 8.69. The molecular weight excluding hydrogens is 326 g/mol. The highest BCUT2D eigenvalue weighted by Gasteiger charge is 2.51. The molecule has 5 rings (SSSR count). The van der Waals surface area contributed by atoms with E-state index in [1.807, 2.05) is 0 Å². The van der Waals surface area contributed by atoms with Crippen LogP contribution in [0.2, 0.25) is 0 Å². The first-order chi connectivity index (χ1) is 11.9. The number of aromatic amines is 1. The summed E-state index contributed by atoms with van der Waals surface area (Å²) in [5.74, 6) is 0.463. The van der Waals surface area contributed by atoms with E-state index in [4.69, 9.17) is 9.84 Å². The number of carboxylic acid groups (broad SMARTS) is 1. The van der Waals surface area contributed by atoms with E-state index in [9.17, 15) is 14.4 Å². The van der Waals surface area contributed by atoms with Gasteiger partial charge in [0.05, 0.1) is 0 Å². The van der Waals surface area contributed by atoms with Gasteiger partial charge in [-0.15, -0.1) is 0 Å². The number of rotatable bonds is 5. The van der Waals surface area contributed by atoms with Gasteiger partial charge in [0.2, 0.25) is 5.88 Å². The third kappa shape index (κ3) is 3.25. The Balaban J connectivity index is 1.39. The van der Waals surface area contributed by atoms with Crippen molar-refractivity contribution in [2.24, 2.45) is 17.8 Å². The Morgan fingerprint density at radius 2 is 1.84 bits per heavy atom. The van der Waals surface area contributed by atoms with E-state index >= 15 is 0 Å². The molecule has 3 N–H and O–H groups in total. The third-order valence-corrected chi connectivity index (χ3v) is 5.75. The zero-order valence-electron chi connectivity index (χ0n) is 13.8. The van der Waals surface area contributed by atoms with Crippen molar-refractivity contribution in [2.75, 3.05) is 6.61 Å². The van der Waals surface area contributed by atoms with Gasteiger partial charge < -0.3 is 15.2 Å². The molecule has 8 nitrogen and oxygen atoms in total. The van der Waals surface area contributed by atoms with Crippen LogP contribution in [0, 0.1) is 17.8 Å². The maximum Gasteiger partial charge on any atom is 0.352 e. The van der Waals surface area contributed by atoms with Crippen molar-refractivity contribution in [1.29, 1.82) is 0 Å². The second-order valence-corrected chi connectivity index (χ2v) is 7.78. The number of aromatic nitrogens is 2. The first kappa shape index (κ1) is 16.1. The van der Waals surface area contributed by atoms with Gasteiger partial charge in [-0.05, 0) is 56.3 Å². The average molecular weight is 347 g/mol. The van der Waals surface area contributed by atoms with Crippen LogP contribution in [0.15, 0.2) is 10.9 Å². The summed E-state index contributed by atoms with van der Waals surface area (Å²) in [6, 6.07) is 1.10. The molecule has 4 bridgehead atoms. The zero-order valence-corrected chi connectivity index (χ0v) is 13.8. The Bertz CT molecular complexity index is 737. The summed E-state index contributed by atoms with van der Waals surface area (Å²) in [7, 11) is 0. The summed E-state index contributed by atoms with van der Waals surface area (Å²) in [5, 5.41) is 12.1. The number of nitrogens with zero attached hydrogens (tertiary/aromatic N) is 1. The monoisotopic (exact) mass is 347 g/mol. The van der Waals surface area contributed by atoms with Crippen molar-refractivity contribution in [3.05, 3.63) is 22.2 Å². The summed E-state index contributed by atoms with van der Waals surface area (Å²) >= 11 is 0. The number of ether oxygens (including phenoxy) is 1. The predicted octanol–water partition coefficient (Wildman–Crippen LogP) is 0.932. The number of amides is 1. The number of hydrogen-bond acceptors (Lipinski definition) is 5. The predicted molar refractivity (Wildman–Crippen MR) is 86.4 cm³/mol. The van der Waals surface area contributed by atoms with Gasteiger partial charge >= 0.3 is 11.7 Å². The van der Waals surface area contributed by atoms with Gasteiger partial charge in [-0.3, -0.25) is 9.78 Å². The molecule has 0 spiro atoms. The lowest BCUT2D eigenvalue weighted by atomic mass is 9.53. The van der Waals surface area contributed by atoms with Crippen LogP contribution in [0.5, 0.6) is 5.88 Å². The number of hydrogen-bond donors (Lipinski definition) is 3. The topological polar surface area (TPSA) is 121 Å². The van der Waals surface area contributed by atoms with Crippen LogP contribution in [0.25, 0.3) is 0 Å². The summed E-state index contributed by atoms with van der Waals surface area (Å²) < 4.78 is 5.25. The summed E-state index contributed by atoms with van der Waals surface area (Å²) in [5.41, 5.74) is -1.25. The van der Waals surface area contributed by atoms with E-state index < -0.39 is 11.7 Å². The van der Waals surface area contributed by atoms with Gasteiger partial charge in [0.25, 0.3) is 5.91 Å². The van der Waals surface area contributed by atoms with Crippen LogP contribution in [-0.2, 0) is 4.79 Å². The van der Waals surface area contributed by atoms with Crippen molar-refractivity contribution in [3.8, 4) is 5.88 Å². The molecular formula is C17H21N3O5. The fourth-order valence-electron chi connectivity index (χ4n) is 5.36. The molecule has 0 atom stereocenters. The molecule has 0 saturated heterocycles. The molecule has 0 aromatic carbocycles. The molecule has 1 aromatic heterocycles. The minimum Gasteiger partial charge on any atom is -0.477 e. The Morgan fingerprint density at radius 3 is 2.40 bits per heavy atom. The maximum absolute atomic E-state index is 12.3. The van der Waals surface area contributed by atoms with E-state index in [0.29, 0.717) is 0 Å². The van der Waals surface area contributed by atoms with E-state index in [1.165, 1.54) is 19.3 Å². The van der Waals surface area contributed by atoms with Gasteiger partial charge in [-0.1, -0.05) is 0 Å². The molecule has 134 valence electrons. The second kappa shape index (κ2) is 5.86.